The molecule has 0 atom stereocenters. The Kier molecular flexibility index (Phi) is 3.78. The largest absolute Gasteiger partial charge is 0.508 e. The van der Waals surface area contributed by atoms with Gasteiger partial charge in [-0.25, -0.2) is 9.78 Å². The van der Waals surface area contributed by atoms with E-state index in [2.05, 4.69) is 4.98 Å². The van der Waals surface area contributed by atoms with Gasteiger partial charge in [0.2, 0.25) is 0 Å². The molecule has 2 aromatic heterocycles. The van der Waals surface area contributed by atoms with Crippen LogP contribution in [0.2, 0.25) is 0 Å². The predicted octanol–water partition coefficient (Wildman–Crippen LogP) is 0.659. The average molecular weight is 346 g/mol. The molecule has 3 rings (SSSR count). The minimum atomic E-state index is -0.573. The number of fused-ring (bicyclic) bond motifs is 1. The van der Waals surface area contributed by atoms with E-state index in [4.69, 9.17) is 0 Å². The first-order chi connectivity index (χ1) is 11.7. The fraction of sp³-hybridized carbons (Fsp3) is 0.312. The number of benzene rings is 1. The van der Waals surface area contributed by atoms with Gasteiger partial charge in [0.25, 0.3) is 5.56 Å². The number of hydrogen-bond donors (Lipinski definition) is 3. The Labute approximate surface area is 141 Å². The lowest BCUT2D eigenvalue weighted by Crippen LogP contribution is -2.39. The zero-order valence-electron chi connectivity index (χ0n) is 14.0. The van der Waals surface area contributed by atoms with Crippen LogP contribution in [0.1, 0.15) is 13.8 Å². The number of hydrogen-bond acceptors (Lipinski definition) is 6. The maximum absolute atomic E-state index is 12.6. The first-order valence-electron chi connectivity index (χ1n) is 7.64. The van der Waals surface area contributed by atoms with Gasteiger partial charge < -0.3 is 15.3 Å². The molecule has 0 spiro atoms. The van der Waals surface area contributed by atoms with E-state index < -0.39 is 22.7 Å². The number of imidazole rings is 1. The molecule has 0 unspecified atom stereocenters. The van der Waals surface area contributed by atoms with Crippen LogP contribution in [0, 0.1) is 5.92 Å². The van der Waals surface area contributed by atoms with Crippen molar-refractivity contribution in [2.24, 2.45) is 13.0 Å². The van der Waals surface area contributed by atoms with E-state index in [9.17, 15) is 24.9 Å². The van der Waals surface area contributed by atoms with E-state index in [0.29, 0.717) is 6.54 Å². The third-order valence-corrected chi connectivity index (χ3v) is 3.87. The number of phenolic OH excluding ortho intramolecular Hbond substituents is 3. The lowest BCUT2D eigenvalue weighted by Gasteiger charge is -2.15. The molecular formula is C16H18N4O5. The fourth-order valence-corrected chi connectivity index (χ4v) is 2.80. The van der Waals surface area contributed by atoms with Crippen molar-refractivity contribution in [3.05, 3.63) is 39.3 Å². The number of aromatic nitrogens is 4. The molecule has 9 heteroatoms. The molecule has 0 aliphatic carbocycles. The summed E-state index contributed by atoms with van der Waals surface area (Å²) in [6, 6.07) is 2.10. The van der Waals surface area contributed by atoms with Crippen molar-refractivity contribution >= 4 is 11.2 Å². The van der Waals surface area contributed by atoms with Gasteiger partial charge in [-0.2, -0.15) is 0 Å². The Hall–Kier alpha value is -3.23. The lowest BCUT2D eigenvalue weighted by atomic mass is 10.2. The Bertz CT molecular complexity index is 1070. The standard InChI is InChI=1S/C16H18N4O5/c1-8(2)6-19-14-12(15(24)18(3)16(19)25)17-7-20(14)13-10(22)4-9(21)5-11(13)23/h4-5,7-8,21-23H,6H2,1-3H3. The van der Waals surface area contributed by atoms with Crippen LogP contribution >= 0.6 is 0 Å². The Morgan fingerprint density at radius 3 is 2.28 bits per heavy atom. The quantitative estimate of drug-likeness (QED) is 0.640. The van der Waals surface area contributed by atoms with Gasteiger partial charge in [0.15, 0.2) is 11.2 Å². The summed E-state index contributed by atoms with van der Waals surface area (Å²) in [4.78, 5) is 29.0. The van der Waals surface area contributed by atoms with Crippen molar-refractivity contribution in [2.45, 2.75) is 20.4 Å². The monoisotopic (exact) mass is 346 g/mol. The van der Waals surface area contributed by atoms with Crippen LogP contribution < -0.4 is 11.2 Å². The van der Waals surface area contributed by atoms with E-state index in [0.717, 1.165) is 16.7 Å². The highest BCUT2D eigenvalue weighted by Crippen LogP contribution is 2.36. The Balaban J connectivity index is 2.47. The summed E-state index contributed by atoms with van der Waals surface area (Å²) in [5.74, 6) is -1.05. The third kappa shape index (κ3) is 2.53. The molecular weight excluding hydrogens is 328 g/mol. The topological polar surface area (TPSA) is 123 Å². The maximum atomic E-state index is 12.6. The fourth-order valence-electron chi connectivity index (χ4n) is 2.80. The Morgan fingerprint density at radius 1 is 1.12 bits per heavy atom. The van der Waals surface area contributed by atoms with Gasteiger partial charge in [0.05, 0.1) is 0 Å². The van der Waals surface area contributed by atoms with Gasteiger partial charge >= 0.3 is 5.69 Å². The molecule has 1 aromatic carbocycles. The molecule has 3 aromatic rings. The van der Waals surface area contributed by atoms with Crippen LogP contribution in [-0.4, -0.2) is 34.0 Å². The summed E-state index contributed by atoms with van der Waals surface area (Å²) >= 11 is 0. The van der Waals surface area contributed by atoms with Crippen LogP contribution in [0.5, 0.6) is 17.2 Å². The second-order valence-electron chi connectivity index (χ2n) is 6.27. The van der Waals surface area contributed by atoms with Gasteiger partial charge in [-0.1, -0.05) is 13.8 Å². The van der Waals surface area contributed by atoms with Crippen LogP contribution in [-0.2, 0) is 13.6 Å². The highest BCUT2D eigenvalue weighted by Gasteiger charge is 2.21. The molecule has 0 radical (unpaired) electrons. The third-order valence-electron chi connectivity index (χ3n) is 3.87. The van der Waals surface area contributed by atoms with Crippen molar-refractivity contribution in [1.29, 1.82) is 0 Å². The van der Waals surface area contributed by atoms with Crippen molar-refractivity contribution in [3.8, 4) is 22.9 Å². The molecule has 9 nitrogen and oxygen atoms in total. The summed E-state index contributed by atoms with van der Waals surface area (Å²) in [7, 11) is 1.37. The van der Waals surface area contributed by atoms with Crippen LogP contribution in [0.3, 0.4) is 0 Å². The average Bonchev–Trinajstić information content (AvgIpc) is 2.93. The van der Waals surface area contributed by atoms with Gasteiger partial charge in [-0.3, -0.25) is 18.5 Å². The van der Waals surface area contributed by atoms with E-state index >= 15 is 0 Å². The predicted molar refractivity (Wildman–Crippen MR) is 90.4 cm³/mol. The van der Waals surface area contributed by atoms with Gasteiger partial charge in [-0.05, 0) is 5.92 Å². The molecule has 25 heavy (non-hydrogen) atoms. The van der Waals surface area contributed by atoms with Gasteiger partial charge in [-0.15, -0.1) is 0 Å². The maximum Gasteiger partial charge on any atom is 0.332 e. The van der Waals surface area contributed by atoms with Crippen molar-refractivity contribution in [1.82, 2.24) is 18.7 Å². The summed E-state index contributed by atoms with van der Waals surface area (Å²) < 4.78 is 3.61. The second-order valence-corrected chi connectivity index (χ2v) is 6.27. The van der Waals surface area contributed by atoms with E-state index in [-0.39, 0.29) is 28.5 Å². The van der Waals surface area contributed by atoms with E-state index in [1.54, 1.807) is 0 Å². The normalized spacial score (nSPS) is 11.5. The SMILES string of the molecule is CC(C)Cn1c(=O)n(C)c(=O)c2ncn(-c3c(O)cc(O)cc3O)c21. The van der Waals surface area contributed by atoms with Crippen molar-refractivity contribution in [3.63, 3.8) is 0 Å². The molecule has 0 bridgehead atoms. The van der Waals surface area contributed by atoms with Crippen LogP contribution in [0.15, 0.2) is 28.0 Å². The number of aromatic hydroxyl groups is 3. The summed E-state index contributed by atoms with van der Waals surface area (Å²) in [5.41, 5.74) is -0.972. The molecule has 0 saturated heterocycles. The smallest absolute Gasteiger partial charge is 0.332 e. The summed E-state index contributed by atoms with van der Waals surface area (Å²) in [6.45, 7) is 4.15. The van der Waals surface area contributed by atoms with E-state index in [1.165, 1.54) is 22.5 Å². The molecule has 0 saturated carbocycles. The van der Waals surface area contributed by atoms with E-state index in [1.807, 2.05) is 13.8 Å². The van der Waals surface area contributed by atoms with Crippen molar-refractivity contribution < 1.29 is 15.3 Å². The molecule has 132 valence electrons. The first kappa shape index (κ1) is 16.6. The molecule has 0 amide bonds. The number of phenols is 3. The Morgan fingerprint density at radius 2 is 1.72 bits per heavy atom. The van der Waals surface area contributed by atoms with Crippen molar-refractivity contribution in [2.75, 3.05) is 0 Å². The van der Waals surface area contributed by atoms with Gasteiger partial charge in [0, 0.05) is 25.7 Å². The second kappa shape index (κ2) is 5.69. The minimum absolute atomic E-state index is 0.0367. The molecule has 3 N–H and O–H groups in total. The number of rotatable bonds is 3. The molecule has 0 fully saturated rings. The summed E-state index contributed by atoms with van der Waals surface area (Å²) in [6.07, 6.45) is 1.24. The van der Waals surface area contributed by atoms with Crippen LogP contribution in [0.4, 0.5) is 0 Å². The van der Waals surface area contributed by atoms with Gasteiger partial charge in [0.1, 0.15) is 29.3 Å². The molecule has 0 aliphatic heterocycles. The summed E-state index contributed by atoms with van der Waals surface area (Å²) in [5, 5.41) is 29.7. The molecule has 2 heterocycles. The zero-order valence-corrected chi connectivity index (χ0v) is 14.0. The minimum Gasteiger partial charge on any atom is -0.508 e. The zero-order chi connectivity index (χ0) is 18.5. The molecule has 0 aliphatic rings. The highest BCUT2D eigenvalue weighted by molar-refractivity contribution is 5.75. The first-order valence-corrected chi connectivity index (χ1v) is 7.64. The van der Waals surface area contributed by atoms with Crippen LogP contribution in [0.25, 0.3) is 16.9 Å². The number of nitrogens with zero attached hydrogens (tertiary/aromatic N) is 4. The highest BCUT2D eigenvalue weighted by atomic mass is 16.3. The lowest BCUT2D eigenvalue weighted by molar-refractivity contribution is 0.424.